The minimum Gasteiger partial charge on any atom is -0.373 e. The molecular weight excluding hydrogens is 470 g/mol. The molecule has 3 aromatic rings. The van der Waals surface area contributed by atoms with Crippen LogP contribution >= 0.6 is 0 Å². The highest BCUT2D eigenvalue weighted by atomic mass is 16.2. The van der Waals surface area contributed by atoms with Gasteiger partial charge < -0.3 is 15.2 Å². The van der Waals surface area contributed by atoms with E-state index >= 15 is 0 Å². The van der Waals surface area contributed by atoms with E-state index in [4.69, 9.17) is 0 Å². The van der Waals surface area contributed by atoms with Crippen LogP contribution in [0, 0.1) is 12.8 Å². The number of urea groups is 1. The van der Waals surface area contributed by atoms with Gasteiger partial charge in [-0.2, -0.15) is 0 Å². The summed E-state index contributed by atoms with van der Waals surface area (Å²) in [5, 5.41) is 5.97. The first kappa shape index (κ1) is 25.9. The Morgan fingerprint density at radius 2 is 1.92 bits per heavy atom. The normalized spacial score (nSPS) is 17.6. The number of imide groups is 1. The van der Waals surface area contributed by atoms with Crippen molar-refractivity contribution in [3.05, 3.63) is 71.8 Å². The van der Waals surface area contributed by atoms with Crippen molar-refractivity contribution >= 4 is 29.5 Å². The van der Waals surface area contributed by atoms with Gasteiger partial charge in [0, 0.05) is 33.0 Å². The third kappa shape index (κ3) is 5.32. The second kappa shape index (κ2) is 10.8. The fourth-order valence-electron chi connectivity index (χ4n) is 4.71. The Hall–Kier alpha value is -4.21. The number of carbonyl (C=O) groups is 3. The molecule has 3 heterocycles. The lowest BCUT2D eigenvalue weighted by atomic mass is 9.81. The molecule has 194 valence electrons. The topological polar surface area (TPSA) is 112 Å². The molecule has 3 atom stereocenters. The van der Waals surface area contributed by atoms with Crippen molar-refractivity contribution in [1.82, 2.24) is 24.8 Å². The van der Waals surface area contributed by atoms with Crippen LogP contribution in [0.2, 0.25) is 0 Å². The highest BCUT2D eigenvalue weighted by molar-refractivity contribution is 6.12. The zero-order valence-electron chi connectivity index (χ0n) is 21.8. The number of likely N-dealkylation sites (N-methyl/N-ethyl adjacent to an activating group) is 1. The number of nitrogens with one attached hydrogen (secondary N) is 2. The van der Waals surface area contributed by atoms with Crippen molar-refractivity contribution in [3.63, 3.8) is 0 Å². The molecule has 1 fully saturated rings. The van der Waals surface area contributed by atoms with Gasteiger partial charge in [0.15, 0.2) is 5.82 Å². The van der Waals surface area contributed by atoms with Crippen LogP contribution in [-0.4, -0.2) is 57.4 Å². The Balaban J connectivity index is 1.61. The number of aryl methyl sites for hydroxylation is 2. The van der Waals surface area contributed by atoms with E-state index in [1.165, 1.54) is 4.90 Å². The third-order valence-corrected chi connectivity index (χ3v) is 6.68. The van der Waals surface area contributed by atoms with E-state index in [2.05, 4.69) is 20.6 Å². The predicted molar refractivity (Wildman–Crippen MR) is 141 cm³/mol. The minimum atomic E-state index is -0.959. The highest BCUT2D eigenvalue weighted by Crippen LogP contribution is 2.33. The van der Waals surface area contributed by atoms with E-state index in [0.29, 0.717) is 24.5 Å². The molecule has 1 aromatic carbocycles. The average molecular weight is 504 g/mol. The molecular formula is C27H33N7O3. The van der Waals surface area contributed by atoms with Gasteiger partial charge in [0.1, 0.15) is 11.9 Å². The maximum absolute atomic E-state index is 13.7. The van der Waals surface area contributed by atoms with E-state index in [0.717, 1.165) is 21.7 Å². The van der Waals surface area contributed by atoms with Gasteiger partial charge >= 0.3 is 6.03 Å². The molecule has 10 heteroatoms. The Morgan fingerprint density at radius 1 is 1.19 bits per heavy atom. The van der Waals surface area contributed by atoms with Crippen LogP contribution in [0.4, 0.5) is 16.4 Å². The number of anilines is 2. The summed E-state index contributed by atoms with van der Waals surface area (Å²) in [5.41, 5.74) is 2.60. The molecule has 0 radical (unpaired) electrons. The number of likely N-dealkylation sites (tertiary alicyclic amines) is 1. The Labute approximate surface area is 216 Å². The summed E-state index contributed by atoms with van der Waals surface area (Å²) in [6, 6.07) is 11.5. The summed E-state index contributed by atoms with van der Waals surface area (Å²) in [7, 11) is 5.19. The molecule has 2 aromatic heterocycles. The molecule has 1 saturated heterocycles. The molecule has 10 nitrogen and oxygen atoms in total. The lowest BCUT2D eigenvalue weighted by Crippen LogP contribution is -2.70. The molecule has 1 unspecified atom stereocenters. The monoisotopic (exact) mass is 503 g/mol. The lowest BCUT2D eigenvalue weighted by molar-refractivity contribution is -0.156. The number of rotatable bonds is 8. The summed E-state index contributed by atoms with van der Waals surface area (Å²) in [6.07, 6.45) is 4.25. The molecule has 1 aliphatic rings. The van der Waals surface area contributed by atoms with Gasteiger partial charge in [0.2, 0.25) is 5.91 Å². The van der Waals surface area contributed by atoms with E-state index in [1.807, 2.05) is 63.4 Å². The molecule has 0 bridgehead atoms. The van der Waals surface area contributed by atoms with E-state index < -0.39 is 18.0 Å². The maximum atomic E-state index is 13.7. The SMILES string of the molecule is CCC(NC(=O)N1C(=O)[C@H](Cc2cc(C)nc(NC)c2)[C@H]1C(=O)N(C)c1cn(C)cn1)c1ccccc1. The first-order valence-corrected chi connectivity index (χ1v) is 12.3. The van der Waals surface area contributed by atoms with Gasteiger partial charge in [-0.25, -0.2) is 14.8 Å². The van der Waals surface area contributed by atoms with Crippen molar-refractivity contribution in [2.45, 2.75) is 38.8 Å². The van der Waals surface area contributed by atoms with Crippen LogP contribution in [-0.2, 0) is 23.1 Å². The van der Waals surface area contributed by atoms with E-state index in [1.54, 1.807) is 31.2 Å². The molecule has 0 aliphatic carbocycles. The number of pyridine rings is 1. The fourth-order valence-corrected chi connectivity index (χ4v) is 4.71. The highest BCUT2D eigenvalue weighted by Gasteiger charge is 2.55. The van der Waals surface area contributed by atoms with Gasteiger partial charge in [-0.15, -0.1) is 0 Å². The van der Waals surface area contributed by atoms with Crippen LogP contribution in [0.25, 0.3) is 0 Å². The molecule has 4 rings (SSSR count). The fraction of sp³-hybridized carbons (Fsp3) is 0.370. The molecule has 4 amide bonds. The molecule has 37 heavy (non-hydrogen) atoms. The lowest BCUT2D eigenvalue weighted by Gasteiger charge is -2.45. The van der Waals surface area contributed by atoms with Crippen LogP contribution < -0.4 is 15.5 Å². The summed E-state index contributed by atoms with van der Waals surface area (Å²) in [6.45, 7) is 3.83. The van der Waals surface area contributed by atoms with Crippen molar-refractivity contribution in [1.29, 1.82) is 0 Å². The zero-order valence-corrected chi connectivity index (χ0v) is 21.8. The van der Waals surface area contributed by atoms with E-state index in [9.17, 15) is 14.4 Å². The van der Waals surface area contributed by atoms with Crippen molar-refractivity contribution in [2.75, 3.05) is 24.3 Å². The van der Waals surface area contributed by atoms with Crippen molar-refractivity contribution < 1.29 is 14.4 Å². The maximum Gasteiger partial charge on any atom is 0.325 e. The Kier molecular flexibility index (Phi) is 7.56. The van der Waals surface area contributed by atoms with Gasteiger partial charge in [0.25, 0.3) is 5.91 Å². The Bertz CT molecular complexity index is 1290. The molecule has 0 spiro atoms. The summed E-state index contributed by atoms with van der Waals surface area (Å²) in [4.78, 5) is 51.6. The first-order valence-electron chi connectivity index (χ1n) is 12.3. The second-order valence-corrected chi connectivity index (χ2v) is 9.33. The minimum absolute atomic E-state index is 0.286. The van der Waals surface area contributed by atoms with Crippen LogP contribution in [0.5, 0.6) is 0 Å². The van der Waals surface area contributed by atoms with E-state index in [-0.39, 0.29) is 17.9 Å². The summed E-state index contributed by atoms with van der Waals surface area (Å²) < 4.78 is 1.73. The molecule has 1 aliphatic heterocycles. The van der Waals surface area contributed by atoms with Crippen molar-refractivity contribution in [3.8, 4) is 0 Å². The summed E-state index contributed by atoms with van der Waals surface area (Å²) >= 11 is 0. The number of imidazole rings is 1. The number of hydrogen-bond acceptors (Lipinski definition) is 6. The number of nitrogens with zero attached hydrogens (tertiary/aromatic N) is 5. The predicted octanol–water partition coefficient (Wildman–Crippen LogP) is 3.06. The van der Waals surface area contributed by atoms with Crippen molar-refractivity contribution in [2.24, 2.45) is 13.0 Å². The smallest absolute Gasteiger partial charge is 0.325 e. The quantitative estimate of drug-likeness (QED) is 0.457. The number of amides is 4. The van der Waals surface area contributed by atoms with Crippen LogP contribution in [0.1, 0.15) is 36.2 Å². The largest absolute Gasteiger partial charge is 0.373 e. The number of benzene rings is 1. The third-order valence-electron chi connectivity index (χ3n) is 6.68. The number of hydrogen-bond donors (Lipinski definition) is 2. The standard InChI is InChI=1S/C27H33N7O3/c1-6-21(19-10-8-7-9-11-19)31-27(37)34-24(26(36)33(5)23-15-32(4)16-29-23)20(25(34)35)13-18-12-17(2)30-22(14-18)28-3/h7-12,14-16,20-21,24H,6,13H2,1-5H3,(H,28,30)(H,31,37)/t20-,21?,24+/m1/s1. The van der Waals surface area contributed by atoms with Gasteiger partial charge in [-0.3, -0.25) is 19.4 Å². The van der Waals surface area contributed by atoms with Gasteiger partial charge in [0.05, 0.1) is 18.3 Å². The Morgan fingerprint density at radius 3 is 2.54 bits per heavy atom. The first-order chi connectivity index (χ1) is 17.7. The summed E-state index contributed by atoms with van der Waals surface area (Å²) in [5.74, 6) is -0.315. The average Bonchev–Trinajstić information content (AvgIpc) is 3.34. The number of β-lactam (4-membered cyclic amide) rings is 1. The zero-order chi connectivity index (χ0) is 26.7. The number of aromatic nitrogens is 3. The molecule has 0 saturated carbocycles. The van der Waals surface area contributed by atoms with Crippen LogP contribution in [0.3, 0.4) is 0 Å². The number of carbonyl (C=O) groups excluding carboxylic acids is 3. The van der Waals surface area contributed by atoms with Gasteiger partial charge in [-0.05, 0) is 43.0 Å². The van der Waals surface area contributed by atoms with Crippen LogP contribution in [0.15, 0.2) is 55.0 Å². The molecule has 2 N–H and O–H groups in total. The second-order valence-electron chi connectivity index (χ2n) is 9.33. The van der Waals surface area contributed by atoms with Gasteiger partial charge in [-0.1, -0.05) is 37.3 Å².